The molecule has 0 aliphatic rings. The molecule has 0 aromatic heterocycles. The molecule has 0 aromatic rings. The third-order valence-corrected chi connectivity index (χ3v) is 1.74. The van der Waals surface area contributed by atoms with Crippen LogP contribution in [0.3, 0.4) is 0 Å². The molecule has 0 radical (unpaired) electrons. The van der Waals surface area contributed by atoms with Crippen molar-refractivity contribution in [2.75, 3.05) is 0 Å². The van der Waals surface area contributed by atoms with E-state index in [9.17, 15) is 9.59 Å². The van der Waals surface area contributed by atoms with E-state index in [4.69, 9.17) is 10.2 Å². The summed E-state index contributed by atoms with van der Waals surface area (Å²) in [6, 6.07) is 0. The van der Waals surface area contributed by atoms with Gasteiger partial charge in [-0.15, -0.1) is 6.58 Å². The highest BCUT2D eigenvalue weighted by molar-refractivity contribution is 5.99. The summed E-state index contributed by atoms with van der Waals surface area (Å²) < 4.78 is 0. The van der Waals surface area contributed by atoms with Gasteiger partial charge in [0, 0.05) is 0 Å². The summed E-state index contributed by atoms with van der Waals surface area (Å²) in [5.74, 6) is -2.70. The van der Waals surface area contributed by atoms with E-state index in [0.717, 1.165) is 0 Å². The fraction of sp³-hybridized carbons (Fsp3) is 0.400. The molecule has 0 saturated heterocycles. The largest absolute Gasteiger partial charge is 0.478 e. The Kier molecular flexibility index (Phi) is 4.63. The lowest BCUT2D eigenvalue weighted by Gasteiger charge is -2.10. The van der Waals surface area contributed by atoms with E-state index < -0.39 is 11.9 Å². The lowest BCUT2D eigenvalue weighted by Crippen LogP contribution is -2.15. The van der Waals surface area contributed by atoms with Gasteiger partial charge in [-0.2, -0.15) is 0 Å². The number of aliphatic carboxylic acids is 2. The standard InChI is InChI=1S/C10H14O4/c1-4-5-7(9(11)12)8(6(2)3)10(13)14/h4,6H,1,5H2,2-3H3,(H,11,12)(H,13,14). The van der Waals surface area contributed by atoms with Crippen molar-refractivity contribution in [1.82, 2.24) is 0 Å². The highest BCUT2D eigenvalue weighted by Crippen LogP contribution is 2.18. The summed E-state index contributed by atoms with van der Waals surface area (Å²) in [5, 5.41) is 17.6. The minimum Gasteiger partial charge on any atom is -0.478 e. The van der Waals surface area contributed by atoms with Gasteiger partial charge in [0.2, 0.25) is 0 Å². The lowest BCUT2D eigenvalue weighted by atomic mass is 9.95. The van der Waals surface area contributed by atoms with Gasteiger partial charge in [0.25, 0.3) is 0 Å². The zero-order valence-electron chi connectivity index (χ0n) is 8.28. The predicted molar refractivity (Wildman–Crippen MR) is 51.9 cm³/mol. The second kappa shape index (κ2) is 5.21. The molecular weight excluding hydrogens is 184 g/mol. The van der Waals surface area contributed by atoms with Crippen LogP contribution in [-0.4, -0.2) is 22.2 Å². The average Bonchev–Trinajstić information content (AvgIpc) is 2.01. The summed E-state index contributed by atoms with van der Waals surface area (Å²) in [6.45, 7) is 6.69. The number of hydrogen-bond acceptors (Lipinski definition) is 2. The molecule has 0 saturated carbocycles. The van der Waals surface area contributed by atoms with Crippen LogP contribution in [0.15, 0.2) is 23.8 Å². The number of allylic oxidation sites excluding steroid dienone is 1. The van der Waals surface area contributed by atoms with Crippen molar-refractivity contribution in [3.63, 3.8) is 0 Å². The molecule has 0 atom stereocenters. The molecule has 0 aliphatic heterocycles. The van der Waals surface area contributed by atoms with Crippen molar-refractivity contribution >= 4 is 11.9 Å². The molecule has 4 heteroatoms. The maximum Gasteiger partial charge on any atom is 0.332 e. The molecule has 0 bridgehead atoms. The molecule has 0 amide bonds. The van der Waals surface area contributed by atoms with Gasteiger partial charge < -0.3 is 10.2 Å². The molecular formula is C10H14O4. The lowest BCUT2D eigenvalue weighted by molar-refractivity contribution is -0.136. The van der Waals surface area contributed by atoms with Crippen molar-refractivity contribution in [1.29, 1.82) is 0 Å². The van der Waals surface area contributed by atoms with Gasteiger partial charge in [-0.3, -0.25) is 0 Å². The number of carbonyl (C=O) groups is 2. The number of hydrogen-bond donors (Lipinski definition) is 2. The summed E-state index contributed by atoms with van der Waals surface area (Å²) >= 11 is 0. The van der Waals surface area contributed by atoms with Crippen molar-refractivity contribution in [2.45, 2.75) is 20.3 Å². The monoisotopic (exact) mass is 198 g/mol. The maximum absolute atomic E-state index is 10.8. The Morgan fingerprint density at radius 1 is 1.29 bits per heavy atom. The molecule has 2 N–H and O–H groups in total. The summed E-state index contributed by atoms with van der Waals surface area (Å²) in [7, 11) is 0. The molecule has 14 heavy (non-hydrogen) atoms. The van der Waals surface area contributed by atoms with Gasteiger partial charge in [-0.05, 0) is 12.3 Å². The minimum absolute atomic E-state index is 0.0580. The summed E-state index contributed by atoms with van der Waals surface area (Å²) in [6.07, 6.45) is 1.45. The first-order chi connectivity index (χ1) is 6.41. The fourth-order valence-corrected chi connectivity index (χ4v) is 1.18. The van der Waals surface area contributed by atoms with Crippen molar-refractivity contribution in [2.24, 2.45) is 5.92 Å². The molecule has 0 aromatic carbocycles. The Bertz CT molecular complexity index is 286. The third kappa shape index (κ3) is 3.05. The Morgan fingerprint density at radius 3 is 2.00 bits per heavy atom. The second-order valence-corrected chi connectivity index (χ2v) is 3.15. The van der Waals surface area contributed by atoms with E-state index in [1.807, 2.05) is 0 Å². The Morgan fingerprint density at radius 2 is 1.79 bits per heavy atom. The highest BCUT2D eigenvalue weighted by atomic mass is 16.4. The molecule has 0 fully saturated rings. The molecule has 0 rings (SSSR count). The zero-order chi connectivity index (χ0) is 11.3. The minimum atomic E-state index is -1.20. The molecule has 0 unspecified atom stereocenters. The topological polar surface area (TPSA) is 74.6 Å². The van der Waals surface area contributed by atoms with E-state index >= 15 is 0 Å². The van der Waals surface area contributed by atoms with E-state index in [1.165, 1.54) is 6.08 Å². The van der Waals surface area contributed by atoms with Crippen LogP contribution in [0.4, 0.5) is 0 Å². The number of carboxylic acids is 2. The van der Waals surface area contributed by atoms with Gasteiger partial charge in [-0.25, -0.2) is 9.59 Å². The van der Waals surface area contributed by atoms with Crippen LogP contribution >= 0.6 is 0 Å². The van der Waals surface area contributed by atoms with Crippen molar-refractivity contribution in [3.05, 3.63) is 23.8 Å². The van der Waals surface area contributed by atoms with Crippen LogP contribution in [0, 0.1) is 5.92 Å². The molecule has 4 nitrogen and oxygen atoms in total. The van der Waals surface area contributed by atoms with Gasteiger partial charge in [0.05, 0.1) is 11.1 Å². The Labute approximate surface area is 82.6 Å². The van der Waals surface area contributed by atoms with Crippen LogP contribution in [0.25, 0.3) is 0 Å². The second-order valence-electron chi connectivity index (χ2n) is 3.15. The summed E-state index contributed by atoms with van der Waals surface area (Å²) in [4.78, 5) is 21.6. The Balaban J connectivity index is 5.37. The molecule has 0 heterocycles. The van der Waals surface area contributed by atoms with Gasteiger partial charge in [-0.1, -0.05) is 19.9 Å². The first-order valence-electron chi connectivity index (χ1n) is 4.22. The number of carboxylic acid groups (broad SMARTS) is 2. The van der Waals surface area contributed by atoms with Gasteiger partial charge in [0.15, 0.2) is 0 Å². The van der Waals surface area contributed by atoms with Crippen molar-refractivity contribution < 1.29 is 19.8 Å². The fourth-order valence-electron chi connectivity index (χ4n) is 1.18. The van der Waals surface area contributed by atoms with E-state index in [-0.39, 0.29) is 23.5 Å². The van der Waals surface area contributed by atoms with E-state index in [0.29, 0.717) is 0 Å². The molecule has 78 valence electrons. The normalized spacial score (nSPS) is 12.2. The smallest absolute Gasteiger partial charge is 0.332 e. The first kappa shape index (κ1) is 12.4. The van der Waals surface area contributed by atoms with Crippen LogP contribution in [0.5, 0.6) is 0 Å². The van der Waals surface area contributed by atoms with Gasteiger partial charge in [0.1, 0.15) is 0 Å². The highest BCUT2D eigenvalue weighted by Gasteiger charge is 2.21. The van der Waals surface area contributed by atoms with Crippen molar-refractivity contribution in [3.8, 4) is 0 Å². The maximum atomic E-state index is 10.8. The van der Waals surface area contributed by atoms with Crippen LogP contribution < -0.4 is 0 Å². The summed E-state index contributed by atoms with van der Waals surface area (Å²) in [5.41, 5.74) is -0.153. The van der Waals surface area contributed by atoms with Crippen LogP contribution in [0.1, 0.15) is 20.3 Å². The third-order valence-electron chi connectivity index (χ3n) is 1.74. The van der Waals surface area contributed by atoms with Crippen LogP contribution in [-0.2, 0) is 9.59 Å². The predicted octanol–water partition coefficient (Wildman–Crippen LogP) is 1.68. The molecule has 0 aliphatic carbocycles. The Hall–Kier alpha value is -1.58. The zero-order valence-corrected chi connectivity index (χ0v) is 8.28. The van der Waals surface area contributed by atoms with Crippen LogP contribution in [0.2, 0.25) is 0 Å². The average molecular weight is 198 g/mol. The van der Waals surface area contributed by atoms with Gasteiger partial charge >= 0.3 is 11.9 Å². The first-order valence-corrected chi connectivity index (χ1v) is 4.22. The van der Waals surface area contributed by atoms with E-state index in [1.54, 1.807) is 13.8 Å². The molecule has 0 spiro atoms. The SMILES string of the molecule is C=CCC(C(=O)O)=C(C(=O)O)C(C)C. The quantitative estimate of drug-likeness (QED) is 0.520. The number of rotatable bonds is 5. The van der Waals surface area contributed by atoms with E-state index in [2.05, 4.69) is 6.58 Å².